The predicted molar refractivity (Wildman–Crippen MR) is 179 cm³/mol. The van der Waals surface area contributed by atoms with Gasteiger partial charge in [0, 0.05) is 66.0 Å². The highest BCUT2D eigenvalue weighted by atomic mass is 35.5. The number of piperazine rings is 1. The van der Waals surface area contributed by atoms with Crippen LogP contribution in [0.25, 0.3) is 32.2 Å². The van der Waals surface area contributed by atoms with E-state index in [9.17, 15) is 24.3 Å². The molecule has 4 aromatic heterocycles. The number of aryl methyl sites for hydroxylation is 1. The molecule has 1 saturated heterocycles. The smallest absolute Gasteiger partial charge is 0.338 e. The highest BCUT2D eigenvalue weighted by Gasteiger charge is 2.44. The van der Waals surface area contributed by atoms with Crippen LogP contribution in [-0.4, -0.2) is 73.9 Å². The van der Waals surface area contributed by atoms with Crippen LogP contribution < -0.4 is 10.5 Å². The molecule has 1 aliphatic heterocycles. The second-order valence-corrected chi connectivity index (χ2v) is 13.1. The Morgan fingerprint density at radius 1 is 1.17 bits per heavy atom. The van der Waals surface area contributed by atoms with Crippen LogP contribution in [0, 0.1) is 30.1 Å². The summed E-state index contributed by atoms with van der Waals surface area (Å²) in [5, 5.41) is 22.0. The zero-order chi connectivity index (χ0) is 32.9. The fraction of sp³-hybridized carbons (Fsp3) is 0.294. The third-order valence-electron chi connectivity index (χ3n) is 8.67. The van der Waals surface area contributed by atoms with Crippen molar-refractivity contribution in [3.8, 4) is 29.0 Å². The molecule has 13 heteroatoms. The summed E-state index contributed by atoms with van der Waals surface area (Å²) in [7, 11) is 0. The van der Waals surface area contributed by atoms with Gasteiger partial charge in [0.2, 0.25) is 0 Å². The Labute approximate surface area is 277 Å². The number of halogens is 2. The van der Waals surface area contributed by atoms with Gasteiger partial charge < -0.3 is 10.0 Å². The number of nitriles is 1. The number of alkyl halides is 1. The molecule has 0 spiro atoms. The zero-order valence-corrected chi connectivity index (χ0v) is 26.8. The molecule has 0 unspecified atom stereocenters. The maximum atomic E-state index is 14.3. The average Bonchev–Trinajstić information content (AvgIpc) is 3.61. The molecule has 236 valence electrons. The second-order valence-electron chi connectivity index (χ2n) is 11.8. The number of anilines is 1. The molecule has 0 atom stereocenters. The summed E-state index contributed by atoms with van der Waals surface area (Å²) in [5.41, 5.74) is 1.65. The largest absolute Gasteiger partial charge is 0.478 e. The second kappa shape index (κ2) is 12.0. The number of aromatic carboxylic acids is 1. The first-order valence-electron chi connectivity index (χ1n) is 15.0. The van der Waals surface area contributed by atoms with E-state index in [0.29, 0.717) is 89.1 Å². The molecule has 0 amide bonds. The number of hydrogen-bond acceptors (Lipinski definition) is 9. The normalized spacial score (nSPS) is 15.7. The summed E-state index contributed by atoms with van der Waals surface area (Å²) >= 11 is 7.66. The predicted octanol–water partition coefficient (Wildman–Crippen LogP) is 5.28. The van der Waals surface area contributed by atoms with Gasteiger partial charge in [0.15, 0.2) is 0 Å². The van der Waals surface area contributed by atoms with Crippen molar-refractivity contribution in [2.24, 2.45) is 0 Å². The fourth-order valence-electron chi connectivity index (χ4n) is 6.01. The number of nitrogens with zero attached hydrogens (tertiary/aromatic N) is 7. The standard InChI is InChI=1S/C34H27ClFN7O3S/c1-20-40-27-17-39-31(42-13-11-41(12-14-42)19-34(36)7-8-34)25(16-37)28(27)32(44)43(20)10-2-3-21-4-5-22(35)15-24(21)23-6-9-38-29-26(33(45)46)18-47-30(23)29/h4-6,9,15,17-18H,7-8,10-14,19H2,1H3,(H,45,46). The van der Waals surface area contributed by atoms with Gasteiger partial charge in [0.05, 0.1) is 39.4 Å². The summed E-state index contributed by atoms with van der Waals surface area (Å²) < 4.78 is 16.4. The van der Waals surface area contributed by atoms with Crippen molar-refractivity contribution in [3.05, 3.63) is 79.9 Å². The van der Waals surface area contributed by atoms with E-state index in [4.69, 9.17) is 11.6 Å². The topological polar surface area (TPSA) is 128 Å². The van der Waals surface area contributed by atoms with E-state index in [1.807, 2.05) is 4.90 Å². The number of rotatable bonds is 6. The Morgan fingerprint density at radius 2 is 1.96 bits per heavy atom. The van der Waals surface area contributed by atoms with E-state index in [2.05, 4.69) is 37.8 Å². The lowest BCUT2D eigenvalue weighted by Gasteiger charge is -2.36. The number of thiophene rings is 1. The van der Waals surface area contributed by atoms with Gasteiger partial charge in [-0.1, -0.05) is 23.4 Å². The lowest BCUT2D eigenvalue weighted by Crippen LogP contribution is -2.49. The first kappa shape index (κ1) is 30.8. The third-order valence-corrected chi connectivity index (χ3v) is 9.91. The average molecular weight is 668 g/mol. The van der Waals surface area contributed by atoms with E-state index in [-0.39, 0.29) is 28.6 Å². The van der Waals surface area contributed by atoms with Crippen LogP contribution in [0.1, 0.15) is 40.2 Å². The Bertz CT molecular complexity index is 2260. The van der Waals surface area contributed by atoms with Crippen molar-refractivity contribution in [2.45, 2.75) is 32.0 Å². The quantitative estimate of drug-likeness (QED) is 0.241. The molecule has 47 heavy (non-hydrogen) atoms. The Kier molecular flexibility index (Phi) is 7.88. The van der Waals surface area contributed by atoms with Gasteiger partial charge in [-0.05, 0) is 44.0 Å². The van der Waals surface area contributed by atoms with Crippen LogP contribution in [0.3, 0.4) is 0 Å². The molecule has 1 saturated carbocycles. The summed E-state index contributed by atoms with van der Waals surface area (Å²) in [5.74, 6) is 6.04. The molecule has 5 aromatic rings. The number of benzene rings is 1. The summed E-state index contributed by atoms with van der Waals surface area (Å²) in [6, 6.07) is 9.26. The third kappa shape index (κ3) is 5.80. The fourth-order valence-corrected chi connectivity index (χ4v) is 7.21. The van der Waals surface area contributed by atoms with E-state index in [1.54, 1.807) is 42.8 Å². The minimum atomic E-state index is -1.06. The number of carboxylic acids is 1. The number of carbonyl (C=O) groups is 1. The first-order valence-corrected chi connectivity index (χ1v) is 16.3. The number of fused-ring (bicyclic) bond motifs is 2. The van der Waals surface area contributed by atoms with E-state index < -0.39 is 11.6 Å². The van der Waals surface area contributed by atoms with Crippen molar-refractivity contribution in [2.75, 3.05) is 37.6 Å². The first-order chi connectivity index (χ1) is 22.7. The van der Waals surface area contributed by atoms with Crippen molar-refractivity contribution < 1.29 is 14.3 Å². The van der Waals surface area contributed by atoms with Gasteiger partial charge in [-0.25, -0.2) is 19.2 Å². The monoisotopic (exact) mass is 667 g/mol. The molecular formula is C34H27ClFN7O3S. The summed E-state index contributed by atoms with van der Waals surface area (Å²) in [6.07, 6.45) is 4.31. The molecule has 2 aliphatic rings. The van der Waals surface area contributed by atoms with Crippen molar-refractivity contribution in [1.82, 2.24) is 24.4 Å². The number of pyridine rings is 2. The molecular weight excluding hydrogens is 641 g/mol. The molecule has 1 aliphatic carbocycles. The van der Waals surface area contributed by atoms with Crippen LogP contribution in [0.2, 0.25) is 5.02 Å². The van der Waals surface area contributed by atoms with Crippen molar-refractivity contribution >= 4 is 55.8 Å². The van der Waals surface area contributed by atoms with Crippen LogP contribution in [-0.2, 0) is 6.54 Å². The van der Waals surface area contributed by atoms with Crippen LogP contribution in [0.5, 0.6) is 0 Å². The highest BCUT2D eigenvalue weighted by molar-refractivity contribution is 7.18. The van der Waals surface area contributed by atoms with Crippen molar-refractivity contribution in [3.63, 3.8) is 0 Å². The van der Waals surface area contributed by atoms with Crippen LogP contribution in [0.15, 0.2) is 46.8 Å². The maximum absolute atomic E-state index is 14.3. The van der Waals surface area contributed by atoms with Gasteiger partial charge in [0.1, 0.15) is 28.9 Å². The van der Waals surface area contributed by atoms with Crippen LogP contribution in [0.4, 0.5) is 10.2 Å². The Balaban J connectivity index is 1.21. The molecule has 1 aromatic carbocycles. The maximum Gasteiger partial charge on any atom is 0.338 e. The summed E-state index contributed by atoms with van der Waals surface area (Å²) in [6.45, 7) is 4.57. The lowest BCUT2D eigenvalue weighted by atomic mass is 10.00. The zero-order valence-electron chi connectivity index (χ0n) is 25.3. The Morgan fingerprint density at radius 3 is 2.68 bits per heavy atom. The minimum absolute atomic E-state index is 0.00970. The van der Waals surface area contributed by atoms with Crippen LogP contribution >= 0.6 is 22.9 Å². The molecule has 0 radical (unpaired) electrons. The van der Waals surface area contributed by atoms with E-state index in [1.165, 1.54) is 22.1 Å². The molecule has 10 nitrogen and oxygen atoms in total. The summed E-state index contributed by atoms with van der Waals surface area (Å²) in [4.78, 5) is 43.1. The van der Waals surface area contributed by atoms with Gasteiger partial charge in [-0.3, -0.25) is 19.2 Å². The van der Waals surface area contributed by atoms with Crippen molar-refractivity contribution in [1.29, 1.82) is 5.26 Å². The molecule has 0 bridgehead atoms. The molecule has 1 N–H and O–H groups in total. The Hall–Kier alpha value is -4.88. The number of carboxylic acid groups (broad SMARTS) is 1. The van der Waals surface area contributed by atoms with Gasteiger partial charge in [-0.2, -0.15) is 5.26 Å². The highest BCUT2D eigenvalue weighted by Crippen LogP contribution is 2.40. The molecule has 5 heterocycles. The SMILES string of the molecule is Cc1nc2cnc(N3CCN(CC4(F)CC4)CC3)c(C#N)c2c(=O)n1CC#Cc1ccc(Cl)cc1-c1ccnc2c(C(=O)O)csc12. The van der Waals surface area contributed by atoms with Gasteiger partial charge in [0.25, 0.3) is 5.56 Å². The number of hydrogen-bond donors (Lipinski definition) is 1. The minimum Gasteiger partial charge on any atom is -0.478 e. The lowest BCUT2D eigenvalue weighted by molar-refractivity contribution is 0.0699. The molecule has 2 fully saturated rings. The number of aromatic nitrogens is 4. The van der Waals surface area contributed by atoms with Gasteiger partial charge in [-0.15, -0.1) is 11.3 Å². The van der Waals surface area contributed by atoms with Gasteiger partial charge >= 0.3 is 5.97 Å². The van der Waals surface area contributed by atoms with E-state index in [0.717, 1.165) is 5.56 Å². The molecule has 7 rings (SSSR count). The van der Waals surface area contributed by atoms with E-state index >= 15 is 0 Å².